The Hall–Kier alpha value is -3.77. The van der Waals surface area contributed by atoms with Crippen molar-refractivity contribution >= 4 is 58.2 Å². The number of benzene rings is 3. The molecule has 0 aliphatic heterocycles. The van der Waals surface area contributed by atoms with Crippen LogP contribution in [-0.4, -0.2) is 17.9 Å². The van der Waals surface area contributed by atoms with Gasteiger partial charge in [0.1, 0.15) is 18.2 Å². The Kier molecular flexibility index (Phi) is 8.55. The summed E-state index contributed by atoms with van der Waals surface area (Å²) in [6, 6.07) is 16.0. The van der Waals surface area contributed by atoms with Crippen molar-refractivity contribution in [2.45, 2.75) is 6.61 Å². The molecule has 1 amide bonds. The van der Waals surface area contributed by atoms with Gasteiger partial charge in [0.2, 0.25) is 0 Å². The SMILES string of the molecule is COc1cccc(/C=C(\C#N)C(=O)Nc2c(Cl)cc([N+](=O)[O-])cc2Cl)c1OCc1ccccc1Cl. The lowest BCUT2D eigenvalue weighted by Crippen LogP contribution is -2.14. The highest BCUT2D eigenvalue weighted by Gasteiger charge is 2.19. The van der Waals surface area contributed by atoms with Gasteiger partial charge in [-0.3, -0.25) is 14.9 Å². The molecule has 3 aromatic rings. The van der Waals surface area contributed by atoms with E-state index in [0.29, 0.717) is 22.1 Å². The van der Waals surface area contributed by atoms with Crippen LogP contribution in [0.1, 0.15) is 11.1 Å². The number of non-ortho nitro benzene ring substituents is 1. The lowest BCUT2D eigenvalue weighted by atomic mass is 10.1. The molecule has 8 nitrogen and oxygen atoms in total. The predicted molar refractivity (Wildman–Crippen MR) is 134 cm³/mol. The third-order valence-corrected chi connectivity index (χ3v) is 5.67. The van der Waals surface area contributed by atoms with E-state index >= 15 is 0 Å². The largest absolute Gasteiger partial charge is 0.493 e. The van der Waals surface area contributed by atoms with Crippen LogP contribution in [-0.2, 0) is 11.4 Å². The number of nitro benzene ring substituents is 1. The summed E-state index contributed by atoms with van der Waals surface area (Å²) in [6.45, 7) is 0.114. The number of hydrogen-bond acceptors (Lipinski definition) is 6. The molecular weight excluding hydrogens is 517 g/mol. The number of hydrogen-bond donors (Lipinski definition) is 1. The molecule has 35 heavy (non-hydrogen) atoms. The molecule has 0 saturated heterocycles. The number of anilines is 1. The normalized spacial score (nSPS) is 10.9. The van der Waals surface area contributed by atoms with E-state index in [0.717, 1.165) is 17.7 Å². The van der Waals surface area contributed by atoms with Gasteiger partial charge in [0, 0.05) is 28.3 Å². The fourth-order valence-corrected chi connectivity index (χ4v) is 3.76. The summed E-state index contributed by atoms with van der Waals surface area (Å²) in [4.78, 5) is 23.1. The lowest BCUT2D eigenvalue weighted by molar-refractivity contribution is -0.384. The minimum Gasteiger partial charge on any atom is -0.493 e. The summed E-state index contributed by atoms with van der Waals surface area (Å²) in [7, 11) is 1.46. The van der Waals surface area contributed by atoms with E-state index in [9.17, 15) is 20.2 Å². The number of carbonyl (C=O) groups excluding carboxylic acids is 1. The Balaban J connectivity index is 1.92. The molecule has 0 aliphatic carbocycles. The fraction of sp³-hybridized carbons (Fsp3) is 0.0833. The molecule has 0 unspecified atom stereocenters. The Labute approximate surface area is 215 Å². The second-order valence-electron chi connectivity index (χ2n) is 6.92. The molecule has 1 N–H and O–H groups in total. The Morgan fingerprint density at radius 3 is 2.40 bits per heavy atom. The molecule has 0 atom stereocenters. The number of nitrogens with one attached hydrogen (secondary N) is 1. The van der Waals surface area contributed by atoms with Crippen LogP contribution in [0.15, 0.2) is 60.2 Å². The molecule has 0 aliphatic rings. The topological polar surface area (TPSA) is 114 Å². The van der Waals surface area contributed by atoms with Crippen LogP contribution in [0.4, 0.5) is 11.4 Å². The summed E-state index contributed by atoms with van der Waals surface area (Å²) < 4.78 is 11.3. The van der Waals surface area contributed by atoms with Gasteiger partial charge in [0.25, 0.3) is 11.6 Å². The van der Waals surface area contributed by atoms with Crippen molar-refractivity contribution in [2.24, 2.45) is 0 Å². The molecule has 11 heteroatoms. The van der Waals surface area contributed by atoms with Gasteiger partial charge in [-0.05, 0) is 18.2 Å². The van der Waals surface area contributed by atoms with Crippen molar-refractivity contribution in [1.82, 2.24) is 0 Å². The third-order valence-electron chi connectivity index (χ3n) is 4.70. The average Bonchev–Trinajstić information content (AvgIpc) is 2.84. The third kappa shape index (κ3) is 6.22. The smallest absolute Gasteiger partial charge is 0.272 e. The predicted octanol–water partition coefficient (Wildman–Crippen LogP) is 6.69. The first-order valence-electron chi connectivity index (χ1n) is 9.85. The summed E-state index contributed by atoms with van der Waals surface area (Å²) >= 11 is 18.3. The number of nitrogens with zero attached hydrogens (tertiary/aromatic N) is 2. The van der Waals surface area contributed by atoms with E-state index in [2.05, 4.69) is 5.32 Å². The molecular formula is C24H16Cl3N3O5. The van der Waals surface area contributed by atoms with Gasteiger partial charge in [-0.2, -0.15) is 5.26 Å². The van der Waals surface area contributed by atoms with Crippen molar-refractivity contribution < 1.29 is 19.2 Å². The van der Waals surface area contributed by atoms with Gasteiger partial charge < -0.3 is 14.8 Å². The van der Waals surface area contributed by atoms with Crippen LogP contribution in [0.5, 0.6) is 11.5 Å². The number of rotatable bonds is 8. The molecule has 3 aromatic carbocycles. The lowest BCUT2D eigenvalue weighted by Gasteiger charge is -2.14. The number of ether oxygens (including phenoxy) is 2. The minimum absolute atomic E-state index is 0.0640. The fourth-order valence-electron chi connectivity index (χ4n) is 3.00. The molecule has 0 aromatic heterocycles. The number of carbonyl (C=O) groups is 1. The van der Waals surface area contributed by atoms with Gasteiger partial charge >= 0.3 is 0 Å². The van der Waals surface area contributed by atoms with Crippen LogP contribution < -0.4 is 14.8 Å². The molecule has 3 rings (SSSR count). The summed E-state index contributed by atoms with van der Waals surface area (Å²) in [6.07, 6.45) is 1.31. The average molecular weight is 533 g/mol. The molecule has 0 spiro atoms. The summed E-state index contributed by atoms with van der Waals surface area (Å²) in [5.41, 5.74) is 0.419. The molecule has 0 saturated carbocycles. The van der Waals surface area contributed by atoms with E-state index in [4.69, 9.17) is 44.3 Å². The highest BCUT2D eigenvalue weighted by Crippen LogP contribution is 2.36. The molecule has 0 fully saturated rings. The zero-order chi connectivity index (χ0) is 25.5. The van der Waals surface area contributed by atoms with E-state index in [1.165, 1.54) is 13.2 Å². The number of halogens is 3. The first kappa shape index (κ1) is 25.8. The Bertz CT molecular complexity index is 1350. The number of methoxy groups -OCH3 is 1. The van der Waals surface area contributed by atoms with Crippen LogP contribution >= 0.6 is 34.8 Å². The number of para-hydroxylation sites is 1. The van der Waals surface area contributed by atoms with Crippen molar-refractivity contribution in [1.29, 1.82) is 5.26 Å². The van der Waals surface area contributed by atoms with Gasteiger partial charge in [-0.1, -0.05) is 65.1 Å². The number of nitriles is 1. The van der Waals surface area contributed by atoms with Gasteiger partial charge in [-0.25, -0.2) is 0 Å². The molecule has 0 bridgehead atoms. The van der Waals surface area contributed by atoms with Crippen molar-refractivity contribution in [3.8, 4) is 17.6 Å². The monoisotopic (exact) mass is 531 g/mol. The molecule has 0 heterocycles. The van der Waals surface area contributed by atoms with Gasteiger partial charge in [0.15, 0.2) is 11.5 Å². The summed E-state index contributed by atoms with van der Waals surface area (Å²) in [5.74, 6) is -0.156. The number of nitro groups is 1. The number of amides is 1. The minimum atomic E-state index is -0.829. The first-order valence-corrected chi connectivity index (χ1v) is 11.0. The van der Waals surface area contributed by atoms with Crippen molar-refractivity contribution in [3.05, 3.63) is 96.5 Å². The van der Waals surface area contributed by atoms with E-state index in [-0.39, 0.29) is 33.6 Å². The zero-order valence-corrected chi connectivity index (χ0v) is 20.3. The van der Waals surface area contributed by atoms with Crippen LogP contribution in [0.2, 0.25) is 15.1 Å². The Morgan fingerprint density at radius 1 is 1.11 bits per heavy atom. The second-order valence-corrected chi connectivity index (χ2v) is 8.15. The van der Waals surface area contributed by atoms with E-state index in [1.54, 1.807) is 36.4 Å². The zero-order valence-electron chi connectivity index (χ0n) is 18.1. The highest BCUT2D eigenvalue weighted by molar-refractivity contribution is 6.40. The van der Waals surface area contributed by atoms with Crippen LogP contribution in [0.25, 0.3) is 6.08 Å². The molecule has 0 radical (unpaired) electrons. The molecule has 178 valence electrons. The standard InChI is InChI=1S/C24H16Cl3N3O5/c1-34-21-8-4-6-14(23(21)35-13-15-5-2-3-7-18(15)25)9-16(12-28)24(31)29-22-19(26)10-17(30(32)33)11-20(22)27/h2-11H,13H2,1H3,(H,29,31)/b16-9+. The van der Waals surface area contributed by atoms with Crippen LogP contribution in [0, 0.1) is 21.4 Å². The van der Waals surface area contributed by atoms with E-state index in [1.807, 2.05) is 12.1 Å². The maximum atomic E-state index is 12.8. The van der Waals surface area contributed by atoms with Gasteiger partial charge in [0.05, 0.1) is 27.8 Å². The maximum absolute atomic E-state index is 12.8. The van der Waals surface area contributed by atoms with Crippen molar-refractivity contribution in [3.63, 3.8) is 0 Å². The highest BCUT2D eigenvalue weighted by atomic mass is 35.5. The summed E-state index contributed by atoms with van der Waals surface area (Å²) in [5, 5.41) is 23.2. The van der Waals surface area contributed by atoms with Gasteiger partial charge in [-0.15, -0.1) is 0 Å². The maximum Gasteiger partial charge on any atom is 0.272 e. The first-order chi connectivity index (χ1) is 16.7. The van der Waals surface area contributed by atoms with Crippen LogP contribution in [0.3, 0.4) is 0 Å². The van der Waals surface area contributed by atoms with Crippen molar-refractivity contribution in [2.75, 3.05) is 12.4 Å². The van der Waals surface area contributed by atoms with E-state index < -0.39 is 10.8 Å². The quantitative estimate of drug-likeness (QED) is 0.150. The Morgan fingerprint density at radius 2 is 1.80 bits per heavy atom. The second kappa shape index (κ2) is 11.6.